The van der Waals surface area contributed by atoms with Crippen molar-refractivity contribution in [3.05, 3.63) is 101 Å². The molecule has 0 fully saturated rings. The topological polar surface area (TPSA) is 260 Å². The number of phenols is 1. The number of carbonyl (C=O) groups excluding carboxylic acids is 5. The van der Waals surface area contributed by atoms with Gasteiger partial charge in [-0.25, -0.2) is 4.99 Å². The molecule has 0 radical (unpaired) electrons. The van der Waals surface area contributed by atoms with E-state index in [2.05, 4.69) is 31.2 Å². The van der Waals surface area contributed by atoms with Crippen LogP contribution >= 0.6 is 11.6 Å². The highest BCUT2D eigenvalue weighted by atomic mass is 35.5. The molecule has 268 valence electrons. The summed E-state index contributed by atoms with van der Waals surface area (Å²) in [5, 5.41) is 21.1. The first-order valence-electron chi connectivity index (χ1n) is 15.9. The van der Waals surface area contributed by atoms with Crippen molar-refractivity contribution in [3.63, 3.8) is 0 Å². The van der Waals surface area contributed by atoms with E-state index in [4.69, 9.17) is 28.8 Å². The van der Waals surface area contributed by atoms with Crippen LogP contribution in [0, 0.1) is 0 Å². The van der Waals surface area contributed by atoms with E-state index < -0.39 is 60.2 Å². The maximum Gasteiger partial charge on any atom is 0.245 e. The van der Waals surface area contributed by atoms with E-state index in [0.717, 1.165) is 16.5 Å². The number of primary amides is 1. The molecule has 0 saturated carbocycles. The van der Waals surface area contributed by atoms with Gasteiger partial charge >= 0.3 is 0 Å². The summed E-state index contributed by atoms with van der Waals surface area (Å²) in [5.74, 6) is -3.78. The number of aromatic amines is 1. The minimum absolute atomic E-state index is 0.0433. The molecule has 0 aliphatic rings. The Morgan fingerprint density at radius 2 is 1.43 bits per heavy atom. The standard InChI is InChI=1S/C35H40ClN9O6/c1-19(42-33(50)28(45-35(38)39)15-21-8-12-24(46)13-9-21)32(49)41-18-30(47)43-29(16-22-17-40-26-5-3-2-4-25(22)26)34(51)44-27(31(37)48)14-20-6-10-23(36)11-7-20/h2-13,17,19,27-29,40,46H,14-16,18H2,1H3,(H2,37,48)(H,41,49)(H,42,50)(H,43,47)(H,44,51)(H4,38,39,45)/t19-,27+,28+,29+/m1/s1. The minimum Gasteiger partial charge on any atom is -0.508 e. The van der Waals surface area contributed by atoms with E-state index in [1.807, 2.05) is 24.3 Å². The third-order valence-electron chi connectivity index (χ3n) is 7.91. The number of hydrogen-bond donors (Lipinski definition) is 9. The molecule has 0 spiro atoms. The van der Waals surface area contributed by atoms with Crippen LogP contribution in [0.3, 0.4) is 0 Å². The minimum atomic E-state index is -1.17. The number of fused-ring (bicyclic) bond motifs is 1. The molecule has 51 heavy (non-hydrogen) atoms. The lowest BCUT2D eigenvalue weighted by Crippen LogP contribution is -2.56. The van der Waals surface area contributed by atoms with Gasteiger partial charge in [-0.2, -0.15) is 0 Å². The molecule has 0 aliphatic carbocycles. The number of aliphatic imine (C=N–C) groups is 1. The number of rotatable bonds is 16. The average Bonchev–Trinajstić information content (AvgIpc) is 3.50. The molecule has 5 amide bonds. The second-order valence-corrected chi connectivity index (χ2v) is 12.3. The van der Waals surface area contributed by atoms with Crippen molar-refractivity contribution in [2.45, 2.75) is 50.4 Å². The zero-order chi connectivity index (χ0) is 37.1. The summed E-state index contributed by atoms with van der Waals surface area (Å²) < 4.78 is 0. The lowest BCUT2D eigenvalue weighted by molar-refractivity contribution is -0.132. The number of nitrogens with zero attached hydrogens (tertiary/aromatic N) is 1. The summed E-state index contributed by atoms with van der Waals surface area (Å²) in [5.41, 5.74) is 19.6. The molecule has 1 aromatic heterocycles. The van der Waals surface area contributed by atoms with Gasteiger partial charge < -0.3 is 48.6 Å². The Morgan fingerprint density at radius 3 is 2.10 bits per heavy atom. The Kier molecular flexibility index (Phi) is 13.0. The van der Waals surface area contributed by atoms with Crippen LogP contribution < -0.4 is 38.5 Å². The summed E-state index contributed by atoms with van der Waals surface area (Å²) in [7, 11) is 0. The number of carbonyl (C=O) groups is 5. The number of hydrogen-bond acceptors (Lipinski definition) is 7. The maximum atomic E-state index is 13.6. The maximum absolute atomic E-state index is 13.6. The summed E-state index contributed by atoms with van der Waals surface area (Å²) in [6.07, 6.45) is 1.93. The van der Waals surface area contributed by atoms with Crippen LogP contribution in [0.2, 0.25) is 5.02 Å². The number of guanidine groups is 1. The number of H-pyrrole nitrogens is 1. The van der Waals surface area contributed by atoms with Crippen LogP contribution in [-0.2, 0) is 43.2 Å². The normalized spacial score (nSPS) is 13.2. The molecule has 0 aliphatic heterocycles. The predicted octanol–water partition coefficient (Wildman–Crippen LogP) is 0.273. The van der Waals surface area contributed by atoms with Gasteiger partial charge in [-0.3, -0.25) is 24.0 Å². The van der Waals surface area contributed by atoms with Crippen LogP contribution in [0.4, 0.5) is 0 Å². The average molecular weight is 718 g/mol. The van der Waals surface area contributed by atoms with Crippen molar-refractivity contribution >= 4 is 58.0 Å². The quantitative estimate of drug-likeness (QED) is 0.0573. The number of para-hydroxylation sites is 1. The molecular formula is C35H40ClN9O6. The molecule has 15 nitrogen and oxygen atoms in total. The Labute approximate surface area is 298 Å². The smallest absolute Gasteiger partial charge is 0.245 e. The van der Waals surface area contributed by atoms with Crippen molar-refractivity contribution in [2.75, 3.05) is 6.54 Å². The summed E-state index contributed by atoms with van der Waals surface area (Å²) in [6.45, 7) is 0.877. The summed E-state index contributed by atoms with van der Waals surface area (Å²) in [4.78, 5) is 72.1. The van der Waals surface area contributed by atoms with Gasteiger partial charge in [0.25, 0.3) is 0 Å². The van der Waals surface area contributed by atoms with Gasteiger partial charge in [0, 0.05) is 41.4 Å². The first-order chi connectivity index (χ1) is 24.3. The molecule has 0 bridgehead atoms. The van der Waals surface area contributed by atoms with E-state index in [9.17, 15) is 29.1 Å². The Hall–Kier alpha value is -6.09. The zero-order valence-corrected chi connectivity index (χ0v) is 28.4. The molecule has 0 saturated heterocycles. The van der Waals surface area contributed by atoms with Crippen LogP contribution in [0.15, 0.2) is 84.0 Å². The molecule has 16 heteroatoms. The van der Waals surface area contributed by atoms with E-state index in [1.54, 1.807) is 42.6 Å². The van der Waals surface area contributed by atoms with Gasteiger partial charge in [0.1, 0.15) is 29.9 Å². The van der Waals surface area contributed by atoms with Crippen molar-refractivity contribution < 1.29 is 29.1 Å². The Bertz CT molecular complexity index is 1890. The van der Waals surface area contributed by atoms with E-state index in [-0.39, 0.29) is 31.0 Å². The predicted molar refractivity (Wildman–Crippen MR) is 192 cm³/mol. The van der Waals surface area contributed by atoms with Gasteiger partial charge in [0.15, 0.2) is 5.96 Å². The number of aromatic hydroxyl groups is 1. The number of amides is 5. The molecule has 12 N–H and O–H groups in total. The van der Waals surface area contributed by atoms with Crippen LogP contribution in [0.25, 0.3) is 10.9 Å². The first kappa shape index (κ1) is 37.7. The third-order valence-corrected chi connectivity index (χ3v) is 8.16. The number of nitrogens with two attached hydrogens (primary N) is 3. The number of aromatic nitrogens is 1. The summed E-state index contributed by atoms with van der Waals surface area (Å²) in [6, 6.07) is 15.8. The zero-order valence-electron chi connectivity index (χ0n) is 27.7. The second kappa shape index (κ2) is 17.5. The number of phenolic OH excluding ortho intramolecular Hbond substituents is 1. The Morgan fingerprint density at radius 1 is 0.784 bits per heavy atom. The van der Waals surface area contributed by atoms with Crippen LogP contribution in [-0.4, -0.2) is 76.3 Å². The highest BCUT2D eigenvalue weighted by molar-refractivity contribution is 6.30. The number of benzene rings is 3. The lowest BCUT2D eigenvalue weighted by Gasteiger charge is -2.22. The largest absolute Gasteiger partial charge is 0.508 e. The molecule has 4 rings (SSSR count). The summed E-state index contributed by atoms with van der Waals surface area (Å²) >= 11 is 5.97. The van der Waals surface area contributed by atoms with Crippen LogP contribution in [0.1, 0.15) is 23.6 Å². The fourth-order valence-corrected chi connectivity index (χ4v) is 5.38. The third kappa shape index (κ3) is 11.2. The van der Waals surface area contributed by atoms with Crippen molar-refractivity contribution in [2.24, 2.45) is 22.2 Å². The second-order valence-electron chi connectivity index (χ2n) is 11.9. The fraction of sp³-hybridized carbons (Fsp3) is 0.257. The highest BCUT2D eigenvalue weighted by Crippen LogP contribution is 2.20. The molecule has 3 aromatic carbocycles. The number of halogens is 1. The van der Waals surface area contributed by atoms with Crippen molar-refractivity contribution in [1.29, 1.82) is 0 Å². The van der Waals surface area contributed by atoms with Crippen molar-refractivity contribution in [1.82, 2.24) is 26.3 Å². The van der Waals surface area contributed by atoms with E-state index in [1.165, 1.54) is 19.1 Å². The molecule has 0 unspecified atom stereocenters. The van der Waals surface area contributed by atoms with Crippen molar-refractivity contribution in [3.8, 4) is 5.75 Å². The molecular weight excluding hydrogens is 678 g/mol. The van der Waals surface area contributed by atoms with Gasteiger partial charge in [0.2, 0.25) is 29.5 Å². The first-order valence-corrected chi connectivity index (χ1v) is 16.3. The van der Waals surface area contributed by atoms with Gasteiger partial charge in [-0.1, -0.05) is 54.1 Å². The fourth-order valence-electron chi connectivity index (χ4n) is 5.25. The highest BCUT2D eigenvalue weighted by Gasteiger charge is 2.28. The Balaban J connectivity index is 1.40. The van der Waals surface area contributed by atoms with Gasteiger partial charge in [-0.05, 0) is 53.9 Å². The van der Waals surface area contributed by atoms with E-state index in [0.29, 0.717) is 16.1 Å². The lowest BCUT2D eigenvalue weighted by atomic mass is 10.0. The molecule has 1 heterocycles. The van der Waals surface area contributed by atoms with E-state index >= 15 is 0 Å². The van der Waals surface area contributed by atoms with Gasteiger partial charge in [-0.15, -0.1) is 0 Å². The van der Waals surface area contributed by atoms with Gasteiger partial charge in [0.05, 0.1) is 6.54 Å². The van der Waals surface area contributed by atoms with Crippen LogP contribution in [0.5, 0.6) is 5.75 Å². The SMILES string of the molecule is C[C@@H](NC(=O)[C@H](Cc1ccc(O)cc1)N=C(N)N)C(=O)NCC(=O)N[C@@H](Cc1c[nH]c2ccccc12)C(=O)N[C@@H](Cc1ccc(Cl)cc1)C(N)=O. The monoisotopic (exact) mass is 717 g/mol. The number of nitrogens with one attached hydrogen (secondary N) is 5. The molecule has 4 atom stereocenters. The molecule has 4 aromatic rings.